The van der Waals surface area contributed by atoms with E-state index in [4.69, 9.17) is 4.74 Å². The standard InChI is InChI=1S/C23H29N3O/c1-16(2)27-20-8-6-7-19-21(20)25-15-26-22(19)24-14-13-17-9-11-18(12-10-17)23(3,4)5/h6-12,15-16H,13-14H2,1-5H3,(H,24,25,26). The molecular formula is C23H29N3O. The molecule has 4 nitrogen and oxygen atoms in total. The van der Waals surface area contributed by atoms with E-state index in [0.29, 0.717) is 0 Å². The second kappa shape index (κ2) is 7.95. The van der Waals surface area contributed by atoms with E-state index in [1.165, 1.54) is 11.1 Å². The van der Waals surface area contributed by atoms with Crippen LogP contribution in [0.25, 0.3) is 10.9 Å². The van der Waals surface area contributed by atoms with Gasteiger partial charge in [-0.1, -0.05) is 51.1 Å². The highest BCUT2D eigenvalue weighted by Crippen LogP contribution is 2.28. The third kappa shape index (κ3) is 4.76. The lowest BCUT2D eigenvalue weighted by molar-refractivity contribution is 0.245. The van der Waals surface area contributed by atoms with E-state index in [0.717, 1.165) is 35.4 Å². The highest BCUT2D eigenvalue weighted by atomic mass is 16.5. The Morgan fingerprint density at radius 1 is 1.00 bits per heavy atom. The highest BCUT2D eigenvalue weighted by Gasteiger charge is 2.13. The third-order valence-electron chi connectivity index (χ3n) is 4.52. The van der Waals surface area contributed by atoms with Crippen LogP contribution in [-0.2, 0) is 11.8 Å². The number of ether oxygens (including phenoxy) is 1. The van der Waals surface area contributed by atoms with E-state index in [2.05, 4.69) is 60.3 Å². The number of nitrogens with zero attached hydrogens (tertiary/aromatic N) is 2. The lowest BCUT2D eigenvalue weighted by atomic mass is 9.86. The zero-order valence-corrected chi connectivity index (χ0v) is 16.9. The van der Waals surface area contributed by atoms with Crippen LogP contribution >= 0.6 is 0 Å². The summed E-state index contributed by atoms with van der Waals surface area (Å²) in [6.07, 6.45) is 2.65. The van der Waals surface area contributed by atoms with Gasteiger partial charge in [0.1, 0.15) is 23.4 Å². The maximum Gasteiger partial charge on any atom is 0.146 e. The van der Waals surface area contributed by atoms with Crippen LogP contribution in [0.2, 0.25) is 0 Å². The second-order valence-corrected chi connectivity index (χ2v) is 8.16. The summed E-state index contributed by atoms with van der Waals surface area (Å²) in [7, 11) is 0. The molecule has 1 aromatic heterocycles. The Kier molecular flexibility index (Phi) is 5.64. The van der Waals surface area contributed by atoms with Crippen molar-refractivity contribution in [3.63, 3.8) is 0 Å². The molecule has 1 heterocycles. The van der Waals surface area contributed by atoms with Gasteiger partial charge >= 0.3 is 0 Å². The zero-order chi connectivity index (χ0) is 19.4. The average molecular weight is 364 g/mol. The van der Waals surface area contributed by atoms with Gasteiger partial charge in [0.15, 0.2) is 0 Å². The van der Waals surface area contributed by atoms with Crippen LogP contribution in [0.4, 0.5) is 5.82 Å². The largest absolute Gasteiger partial charge is 0.489 e. The molecule has 3 rings (SSSR count). The lowest BCUT2D eigenvalue weighted by Gasteiger charge is -2.19. The Morgan fingerprint density at radius 2 is 1.74 bits per heavy atom. The van der Waals surface area contributed by atoms with Crippen molar-refractivity contribution in [2.75, 3.05) is 11.9 Å². The van der Waals surface area contributed by atoms with Crippen molar-refractivity contribution in [2.24, 2.45) is 0 Å². The number of rotatable bonds is 6. The van der Waals surface area contributed by atoms with Crippen LogP contribution in [-0.4, -0.2) is 22.6 Å². The summed E-state index contributed by atoms with van der Waals surface area (Å²) in [6.45, 7) is 11.6. The summed E-state index contributed by atoms with van der Waals surface area (Å²) in [4.78, 5) is 8.84. The van der Waals surface area contributed by atoms with Crippen molar-refractivity contribution < 1.29 is 4.74 Å². The molecule has 0 aliphatic carbocycles. The number of anilines is 1. The van der Waals surface area contributed by atoms with Crippen molar-refractivity contribution in [2.45, 2.75) is 52.6 Å². The molecule has 2 aromatic carbocycles. The van der Waals surface area contributed by atoms with Gasteiger partial charge in [-0.05, 0) is 48.9 Å². The first-order chi connectivity index (χ1) is 12.8. The molecule has 0 unspecified atom stereocenters. The molecule has 142 valence electrons. The third-order valence-corrected chi connectivity index (χ3v) is 4.52. The van der Waals surface area contributed by atoms with E-state index in [1.807, 2.05) is 32.0 Å². The van der Waals surface area contributed by atoms with Crippen molar-refractivity contribution in [1.82, 2.24) is 9.97 Å². The van der Waals surface area contributed by atoms with Crippen LogP contribution in [0.15, 0.2) is 48.8 Å². The van der Waals surface area contributed by atoms with Crippen molar-refractivity contribution in [3.05, 3.63) is 59.9 Å². The van der Waals surface area contributed by atoms with Crippen LogP contribution in [0, 0.1) is 0 Å². The van der Waals surface area contributed by atoms with Crippen molar-refractivity contribution in [3.8, 4) is 5.75 Å². The molecule has 4 heteroatoms. The van der Waals surface area contributed by atoms with Gasteiger partial charge in [0.05, 0.1) is 6.10 Å². The fraction of sp³-hybridized carbons (Fsp3) is 0.391. The summed E-state index contributed by atoms with van der Waals surface area (Å²) >= 11 is 0. The van der Waals surface area contributed by atoms with Gasteiger partial charge in [-0.2, -0.15) is 0 Å². The van der Waals surface area contributed by atoms with Crippen molar-refractivity contribution >= 4 is 16.7 Å². The van der Waals surface area contributed by atoms with Crippen LogP contribution in [0.1, 0.15) is 45.7 Å². The number of hydrogen-bond donors (Lipinski definition) is 1. The Bertz CT molecular complexity index is 896. The van der Waals surface area contributed by atoms with Crippen LogP contribution < -0.4 is 10.1 Å². The van der Waals surface area contributed by atoms with Crippen LogP contribution in [0.3, 0.4) is 0 Å². The summed E-state index contributed by atoms with van der Waals surface area (Å²) in [5.74, 6) is 1.64. The first kappa shape index (κ1) is 19.2. The summed E-state index contributed by atoms with van der Waals surface area (Å²) in [5, 5.41) is 4.44. The molecule has 0 aliphatic rings. The highest BCUT2D eigenvalue weighted by molar-refractivity contribution is 5.92. The molecule has 0 aliphatic heterocycles. The maximum absolute atomic E-state index is 5.88. The summed E-state index contributed by atoms with van der Waals surface area (Å²) < 4.78 is 5.88. The monoisotopic (exact) mass is 363 g/mol. The quantitative estimate of drug-likeness (QED) is 0.639. The SMILES string of the molecule is CC(C)Oc1cccc2c(NCCc3ccc(C(C)(C)C)cc3)ncnc12. The molecule has 0 saturated carbocycles. The van der Waals surface area contributed by atoms with E-state index in [9.17, 15) is 0 Å². The van der Waals surface area contributed by atoms with E-state index in [-0.39, 0.29) is 11.5 Å². The molecule has 27 heavy (non-hydrogen) atoms. The predicted octanol–water partition coefficient (Wildman–Crippen LogP) is 5.37. The van der Waals surface area contributed by atoms with Gasteiger partial charge in [0.2, 0.25) is 0 Å². The number of nitrogens with one attached hydrogen (secondary N) is 1. The van der Waals surface area contributed by atoms with Gasteiger partial charge in [0, 0.05) is 11.9 Å². The Hall–Kier alpha value is -2.62. The van der Waals surface area contributed by atoms with Gasteiger partial charge < -0.3 is 10.1 Å². The lowest BCUT2D eigenvalue weighted by Crippen LogP contribution is -2.11. The van der Waals surface area contributed by atoms with E-state index >= 15 is 0 Å². The minimum atomic E-state index is 0.109. The Morgan fingerprint density at radius 3 is 2.41 bits per heavy atom. The predicted molar refractivity (Wildman–Crippen MR) is 113 cm³/mol. The molecule has 3 aromatic rings. The molecule has 0 bridgehead atoms. The van der Waals surface area contributed by atoms with Crippen molar-refractivity contribution in [1.29, 1.82) is 0 Å². The van der Waals surface area contributed by atoms with E-state index < -0.39 is 0 Å². The minimum Gasteiger partial charge on any atom is -0.489 e. The molecule has 0 spiro atoms. The average Bonchev–Trinajstić information content (AvgIpc) is 2.61. The van der Waals surface area contributed by atoms with Gasteiger partial charge in [-0.15, -0.1) is 0 Å². The number of hydrogen-bond acceptors (Lipinski definition) is 4. The fourth-order valence-electron chi connectivity index (χ4n) is 3.05. The summed E-state index contributed by atoms with van der Waals surface area (Å²) in [6, 6.07) is 14.9. The summed E-state index contributed by atoms with van der Waals surface area (Å²) in [5.41, 5.74) is 3.71. The van der Waals surface area contributed by atoms with Gasteiger partial charge in [-0.25, -0.2) is 9.97 Å². The molecule has 0 atom stereocenters. The normalized spacial score (nSPS) is 11.8. The molecular weight excluding hydrogens is 334 g/mol. The van der Waals surface area contributed by atoms with Crippen LogP contribution in [0.5, 0.6) is 5.75 Å². The first-order valence-corrected chi connectivity index (χ1v) is 9.58. The molecule has 0 fully saturated rings. The Balaban J connectivity index is 1.70. The second-order valence-electron chi connectivity index (χ2n) is 8.16. The van der Waals surface area contributed by atoms with Gasteiger partial charge in [0.25, 0.3) is 0 Å². The zero-order valence-electron chi connectivity index (χ0n) is 16.9. The number of benzene rings is 2. The Labute approximate surface area is 162 Å². The molecule has 1 N–H and O–H groups in total. The van der Waals surface area contributed by atoms with Gasteiger partial charge in [-0.3, -0.25) is 0 Å². The number of aromatic nitrogens is 2. The molecule has 0 saturated heterocycles. The maximum atomic E-state index is 5.88. The molecule has 0 radical (unpaired) electrons. The smallest absolute Gasteiger partial charge is 0.146 e. The first-order valence-electron chi connectivity index (χ1n) is 9.58. The van der Waals surface area contributed by atoms with E-state index in [1.54, 1.807) is 6.33 Å². The number of fused-ring (bicyclic) bond motifs is 1. The minimum absolute atomic E-state index is 0.109. The fourth-order valence-corrected chi connectivity index (χ4v) is 3.05. The molecule has 0 amide bonds. The number of para-hydroxylation sites is 1. The topological polar surface area (TPSA) is 47.0 Å².